The topological polar surface area (TPSA) is 50.2 Å². The summed E-state index contributed by atoms with van der Waals surface area (Å²) < 4.78 is 2.27. The molecule has 2 aromatic heterocycles. The fourth-order valence-corrected chi connectivity index (χ4v) is 4.67. The molecule has 0 unspecified atom stereocenters. The lowest BCUT2D eigenvalue weighted by Crippen LogP contribution is -2.38. The Hall–Kier alpha value is -2.44. The van der Waals surface area contributed by atoms with Gasteiger partial charge in [-0.3, -0.25) is 9.69 Å². The third kappa shape index (κ3) is 4.95. The Morgan fingerprint density at radius 3 is 2.55 bits per heavy atom. The summed E-state index contributed by atoms with van der Waals surface area (Å²) in [5, 5.41) is 3.96. The monoisotopic (exact) mass is 410 g/mol. The molecular weight excluding hydrogens is 380 g/mol. The number of likely N-dealkylation sites (N-methyl/N-ethyl adjacent to an activating group) is 1. The van der Waals surface area contributed by atoms with Crippen LogP contribution in [0, 0.1) is 20.8 Å². The smallest absolute Gasteiger partial charge is 0.234 e. The van der Waals surface area contributed by atoms with E-state index in [0.29, 0.717) is 13.1 Å². The van der Waals surface area contributed by atoms with Gasteiger partial charge < -0.3 is 9.88 Å². The average molecular weight is 411 g/mol. The van der Waals surface area contributed by atoms with Crippen molar-refractivity contribution in [2.24, 2.45) is 0 Å². The number of para-hydroxylation sites is 1. The number of hydrogen-bond acceptors (Lipinski definition) is 4. The molecule has 29 heavy (non-hydrogen) atoms. The molecule has 1 amide bonds. The fourth-order valence-electron chi connectivity index (χ4n) is 3.65. The van der Waals surface area contributed by atoms with Crippen LogP contribution < -0.4 is 5.32 Å². The highest BCUT2D eigenvalue weighted by Gasteiger charge is 2.18. The van der Waals surface area contributed by atoms with E-state index >= 15 is 0 Å². The van der Waals surface area contributed by atoms with E-state index in [2.05, 4.69) is 61.0 Å². The third-order valence-electron chi connectivity index (χ3n) is 4.81. The first-order valence-electron chi connectivity index (χ1n) is 9.95. The van der Waals surface area contributed by atoms with Crippen LogP contribution >= 0.6 is 11.3 Å². The van der Waals surface area contributed by atoms with Crippen LogP contribution in [-0.4, -0.2) is 40.0 Å². The highest BCUT2D eigenvalue weighted by Crippen LogP contribution is 2.33. The van der Waals surface area contributed by atoms with Gasteiger partial charge in [-0.1, -0.05) is 18.2 Å². The summed E-state index contributed by atoms with van der Waals surface area (Å²) in [5.74, 6) is 0.0439. The second-order valence-corrected chi connectivity index (χ2v) is 9.15. The molecular formula is C23H30N4OS. The zero-order chi connectivity index (χ0) is 21.1. The van der Waals surface area contributed by atoms with E-state index in [1.54, 1.807) is 11.3 Å². The van der Waals surface area contributed by atoms with Crippen molar-refractivity contribution in [3.63, 3.8) is 0 Å². The number of nitrogens with one attached hydrogen (secondary N) is 1. The minimum absolute atomic E-state index is 0.0439. The van der Waals surface area contributed by atoms with Crippen molar-refractivity contribution < 1.29 is 4.79 Å². The van der Waals surface area contributed by atoms with Gasteiger partial charge in [-0.25, -0.2) is 4.98 Å². The van der Waals surface area contributed by atoms with Gasteiger partial charge >= 0.3 is 0 Å². The summed E-state index contributed by atoms with van der Waals surface area (Å²) in [4.78, 5) is 20.1. The van der Waals surface area contributed by atoms with Crippen LogP contribution in [0.5, 0.6) is 0 Å². The lowest BCUT2D eigenvalue weighted by atomic mass is 10.1. The molecule has 0 bridgehead atoms. The number of carbonyl (C=O) groups excluding carboxylic acids is 1. The zero-order valence-corrected chi connectivity index (χ0v) is 18.9. The summed E-state index contributed by atoms with van der Waals surface area (Å²) in [5.41, 5.74) is 5.77. The van der Waals surface area contributed by atoms with Crippen LogP contribution in [0.25, 0.3) is 16.9 Å². The van der Waals surface area contributed by atoms with Crippen LogP contribution in [0.3, 0.4) is 0 Å². The van der Waals surface area contributed by atoms with E-state index < -0.39 is 0 Å². The number of amides is 1. The molecule has 0 aliphatic rings. The van der Waals surface area contributed by atoms with Crippen LogP contribution in [0.2, 0.25) is 0 Å². The summed E-state index contributed by atoms with van der Waals surface area (Å²) in [7, 11) is 1.96. The van der Waals surface area contributed by atoms with Gasteiger partial charge in [0.2, 0.25) is 5.91 Å². The number of thiazole rings is 1. The molecule has 0 fully saturated rings. The van der Waals surface area contributed by atoms with E-state index in [4.69, 9.17) is 4.98 Å². The van der Waals surface area contributed by atoms with Gasteiger partial charge in [-0.05, 0) is 59.9 Å². The fraction of sp³-hybridized carbons (Fsp3) is 0.391. The molecule has 3 rings (SSSR count). The average Bonchev–Trinajstić information content (AvgIpc) is 3.13. The lowest BCUT2D eigenvalue weighted by molar-refractivity contribution is -0.122. The summed E-state index contributed by atoms with van der Waals surface area (Å²) in [6.07, 6.45) is 0. The third-order valence-corrected chi connectivity index (χ3v) is 5.77. The molecule has 0 radical (unpaired) electrons. The molecule has 0 saturated carbocycles. The van der Waals surface area contributed by atoms with Crippen molar-refractivity contribution in [1.29, 1.82) is 0 Å². The predicted octanol–water partition coefficient (Wildman–Crippen LogP) is 4.48. The second kappa shape index (κ2) is 8.93. The van der Waals surface area contributed by atoms with E-state index in [1.807, 2.05) is 31.9 Å². The molecule has 0 atom stereocenters. The predicted molar refractivity (Wildman–Crippen MR) is 121 cm³/mol. The molecule has 0 aliphatic heterocycles. The number of hydrogen-bond donors (Lipinski definition) is 1. The van der Waals surface area contributed by atoms with Crippen LogP contribution in [0.15, 0.2) is 36.4 Å². The highest BCUT2D eigenvalue weighted by atomic mass is 32.1. The van der Waals surface area contributed by atoms with Crippen LogP contribution in [0.4, 0.5) is 0 Å². The van der Waals surface area contributed by atoms with E-state index in [-0.39, 0.29) is 11.9 Å². The highest BCUT2D eigenvalue weighted by molar-refractivity contribution is 7.12. The van der Waals surface area contributed by atoms with Gasteiger partial charge in [-0.2, -0.15) is 0 Å². The molecule has 0 saturated heterocycles. The Morgan fingerprint density at radius 1 is 1.21 bits per heavy atom. The van der Waals surface area contributed by atoms with Gasteiger partial charge in [-0.15, -0.1) is 11.3 Å². The first-order valence-corrected chi connectivity index (χ1v) is 10.8. The Labute approximate surface area is 177 Å². The molecule has 3 aromatic rings. The molecule has 1 N–H and O–H groups in total. The van der Waals surface area contributed by atoms with Gasteiger partial charge in [0.15, 0.2) is 0 Å². The first-order chi connectivity index (χ1) is 13.8. The summed E-state index contributed by atoms with van der Waals surface area (Å²) in [6.45, 7) is 11.4. The number of aryl methyl sites for hydroxylation is 2. The molecule has 0 aliphatic carbocycles. The Morgan fingerprint density at radius 2 is 1.90 bits per heavy atom. The van der Waals surface area contributed by atoms with Crippen molar-refractivity contribution in [1.82, 2.24) is 19.8 Å². The van der Waals surface area contributed by atoms with Crippen molar-refractivity contribution in [2.45, 2.75) is 47.2 Å². The number of carbonyl (C=O) groups is 1. The number of aromatic nitrogens is 2. The van der Waals surface area contributed by atoms with Crippen molar-refractivity contribution >= 4 is 17.2 Å². The molecule has 2 heterocycles. The number of rotatable bonds is 7. The first kappa shape index (κ1) is 21.3. The van der Waals surface area contributed by atoms with Crippen molar-refractivity contribution in [3.8, 4) is 16.9 Å². The van der Waals surface area contributed by atoms with E-state index in [0.717, 1.165) is 16.4 Å². The van der Waals surface area contributed by atoms with E-state index in [1.165, 1.54) is 21.8 Å². The van der Waals surface area contributed by atoms with Crippen LogP contribution in [-0.2, 0) is 11.3 Å². The molecule has 0 spiro atoms. The summed E-state index contributed by atoms with van der Waals surface area (Å²) in [6, 6.07) is 12.8. The van der Waals surface area contributed by atoms with Gasteiger partial charge in [0.1, 0.15) is 5.01 Å². The van der Waals surface area contributed by atoms with E-state index in [9.17, 15) is 4.79 Å². The number of nitrogens with zero attached hydrogens (tertiary/aromatic N) is 3. The Kier molecular flexibility index (Phi) is 6.55. The van der Waals surface area contributed by atoms with Crippen molar-refractivity contribution in [2.75, 3.05) is 13.6 Å². The maximum Gasteiger partial charge on any atom is 0.234 e. The Balaban J connectivity index is 1.82. The minimum atomic E-state index is 0.0439. The minimum Gasteiger partial charge on any atom is -0.353 e. The lowest BCUT2D eigenvalue weighted by Gasteiger charge is -2.16. The molecule has 154 valence electrons. The number of benzene rings is 1. The second-order valence-electron chi connectivity index (χ2n) is 7.86. The molecule has 6 heteroatoms. The normalized spacial score (nSPS) is 11.4. The molecule has 1 aromatic carbocycles. The quantitative estimate of drug-likeness (QED) is 0.625. The Bertz CT molecular complexity index is 988. The molecule has 5 nitrogen and oxygen atoms in total. The summed E-state index contributed by atoms with van der Waals surface area (Å²) >= 11 is 1.70. The zero-order valence-electron chi connectivity index (χ0n) is 18.1. The van der Waals surface area contributed by atoms with Crippen LogP contribution in [0.1, 0.15) is 35.1 Å². The standard InChI is InChI=1S/C23H30N4OS/c1-15(2)24-21(28)13-26(6)14-22-25-23(18(5)29-22)20-12-16(3)27(17(20)4)19-10-8-7-9-11-19/h7-12,15H,13-14H2,1-6H3,(H,24,28). The SMILES string of the molecule is Cc1sc(CN(C)CC(=O)NC(C)C)nc1-c1cc(C)n(-c2ccccc2)c1C. The largest absolute Gasteiger partial charge is 0.353 e. The van der Waals surface area contributed by atoms with Gasteiger partial charge in [0, 0.05) is 33.6 Å². The maximum atomic E-state index is 12.0. The maximum absolute atomic E-state index is 12.0. The van der Waals surface area contributed by atoms with Gasteiger partial charge in [0.25, 0.3) is 0 Å². The van der Waals surface area contributed by atoms with Crippen molar-refractivity contribution in [3.05, 3.63) is 57.7 Å². The van der Waals surface area contributed by atoms with Gasteiger partial charge in [0.05, 0.1) is 18.8 Å².